The van der Waals surface area contributed by atoms with E-state index in [1.165, 1.54) is 0 Å². The first-order valence-electron chi connectivity index (χ1n) is 7.21. The third-order valence-corrected chi connectivity index (χ3v) is 4.10. The number of benzene rings is 1. The number of fused-ring (bicyclic) bond motifs is 1. The van der Waals surface area contributed by atoms with Gasteiger partial charge in [-0.05, 0) is 24.5 Å². The van der Waals surface area contributed by atoms with Crippen LogP contribution in [0.1, 0.15) is 19.2 Å². The van der Waals surface area contributed by atoms with Gasteiger partial charge in [0.25, 0.3) is 0 Å². The maximum absolute atomic E-state index is 6.33. The summed E-state index contributed by atoms with van der Waals surface area (Å²) >= 11 is 0. The van der Waals surface area contributed by atoms with Crippen LogP contribution in [0.25, 0.3) is 11.3 Å². The molecule has 0 bridgehead atoms. The first kappa shape index (κ1) is 13.8. The molecule has 0 aliphatic carbocycles. The lowest BCUT2D eigenvalue weighted by Crippen LogP contribution is -2.19. The van der Waals surface area contributed by atoms with Crippen molar-refractivity contribution in [3.63, 3.8) is 0 Å². The highest BCUT2D eigenvalue weighted by Gasteiger charge is 2.23. The van der Waals surface area contributed by atoms with Gasteiger partial charge in [-0.1, -0.05) is 6.92 Å². The van der Waals surface area contributed by atoms with Gasteiger partial charge in [0.1, 0.15) is 28.8 Å². The third-order valence-electron chi connectivity index (χ3n) is 4.10. The van der Waals surface area contributed by atoms with Gasteiger partial charge < -0.3 is 19.8 Å². The van der Waals surface area contributed by atoms with E-state index in [1.54, 1.807) is 14.2 Å². The molecule has 1 unspecified atom stereocenters. The number of methoxy groups -OCH3 is 2. The fourth-order valence-corrected chi connectivity index (χ4v) is 2.88. The summed E-state index contributed by atoms with van der Waals surface area (Å²) < 4.78 is 12.8. The van der Waals surface area contributed by atoms with Crippen LogP contribution in [0.4, 0.5) is 5.82 Å². The van der Waals surface area contributed by atoms with Crippen molar-refractivity contribution in [2.45, 2.75) is 26.3 Å². The molecule has 21 heavy (non-hydrogen) atoms. The second-order valence-corrected chi connectivity index (χ2v) is 5.58. The molecule has 112 valence electrons. The zero-order valence-corrected chi connectivity index (χ0v) is 12.7. The molecule has 1 aliphatic heterocycles. The molecule has 0 radical (unpaired) electrons. The number of aromatic nitrogens is 2. The molecule has 0 spiro atoms. The predicted octanol–water partition coefficient (Wildman–Crippen LogP) is 2.73. The summed E-state index contributed by atoms with van der Waals surface area (Å²) in [5, 5.41) is 0. The average molecular weight is 287 g/mol. The molecule has 1 aromatic heterocycles. The normalized spacial score (nSPS) is 17.4. The quantitative estimate of drug-likeness (QED) is 0.943. The van der Waals surface area contributed by atoms with Crippen molar-refractivity contribution in [1.82, 2.24) is 9.55 Å². The van der Waals surface area contributed by atoms with Gasteiger partial charge in [0, 0.05) is 24.6 Å². The summed E-state index contributed by atoms with van der Waals surface area (Å²) in [6.07, 6.45) is 2.14. The van der Waals surface area contributed by atoms with Gasteiger partial charge in [-0.2, -0.15) is 0 Å². The number of nitrogen functional groups attached to an aromatic ring is 1. The Balaban J connectivity index is 2.09. The predicted molar refractivity (Wildman–Crippen MR) is 82.7 cm³/mol. The maximum atomic E-state index is 6.33. The number of rotatable bonds is 3. The SMILES string of the molecule is COc1ccc(-c2nc3n(c2N)CC(C)CC3)c(OC)c1. The molecule has 5 heteroatoms. The van der Waals surface area contributed by atoms with Gasteiger partial charge in [-0.3, -0.25) is 0 Å². The Kier molecular flexibility index (Phi) is 3.49. The summed E-state index contributed by atoms with van der Waals surface area (Å²) in [5.74, 6) is 3.91. The lowest BCUT2D eigenvalue weighted by Gasteiger charge is -2.20. The van der Waals surface area contributed by atoms with Crippen molar-refractivity contribution < 1.29 is 9.47 Å². The number of hydrogen-bond acceptors (Lipinski definition) is 4. The second kappa shape index (κ2) is 5.31. The minimum Gasteiger partial charge on any atom is -0.497 e. The molecule has 1 aliphatic rings. The van der Waals surface area contributed by atoms with Gasteiger partial charge in [0.2, 0.25) is 0 Å². The molecule has 5 nitrogen and oxygen atoms in total. The summed E-state index contributed by atoms with van der Waals surface area (Å²) in [5.41, 5.74) is 8.04. The van der Waals surface area contributed by atoms with Gasteiger partial charge >= 0.3 is 0 Å². The number of hydrogen-bond donors (Lipinski definition) is 1. The Bertz CT molecular complexity index is 664. The highest BCUT2D eigenvalue weighted by Crippen LogP contribution is 2.37. The van der Waals surface area contributed by atoms with E-state index in [4.69, 9.17) is 20.2 Å². The van der Waals surface area contributed by atoms with Crippen molar-refractivity contribution in [3.05, 3.63) is 24.0 Å². The fraction of sp³-hybridized carbons (Fsp3) is 0.438. The molecule has 1 atom stereocenters. The third kappa shape index (κ3) is 2.33. The summed E-state index contributed by atoms with van der Waals surface area (Å²) in [7, 11) is 3.28. The van der Waals surface area contributed by atoms with Crippen LogP contribution in [0.5, 0.6) is 11.5 Å². The Morgan fingerprint density at radius 1 is 1.29 bits per heavy atom. The number of imidazole rings is 1. The van der Waals surface area contributed by atoms with Crippen LogP contribution in [0.2, 0.25) is 0 Å². The van der Waals surface area contributed by atoms with Crippen molar-refractivity contribution in [1.29, 1.82) is 0 Å². The number of anilines is 1. The van der Waals surface area contributed by atoms with E-state index >= 15 is 0 Å². The minimum absolute atomic E-state index is 0.639. The van der Waals surface area contributed by atoms with E-state index in [-0.39, 0.29) is 0 Å². The molecule has 2 N–H and O–H groups in total. The first-order valence-corrected chi connectivity index (χ1v) is 7.21. The Morgan fingerprint density at radius 3 is 2.81 bits per heavy atom. The van der Waals surface area contributed by atoms with E-state index in [1.807, 2.05) is 18.2 Å². The van der Waals surface area contributed by atoms with E-state index in [9.17, 15) is 0 Å². The largest absolute Gasteiger partial charge is 0.497 e. The molecular weight excluding hydrogens is 266 g/mol. The zero-order chi connectivity index (χ0) is 15.0. The van der Waals surface area contributed by atoms with Crippen molar-refractivity contribution in [2.24, 2.45) is 5.92 Å². The van der Waals surface area contributed by atoms with Gasteiger partial charge in [-0.25, -0.2) is 4.98 Å². The zero-order valence-electron chi connectivity index (χ0n) is 12.7. The summed E-state index contributed by atoms with van der Waals surface area (Å²) in [4.78, 5) is 4.74. The lowest BCUT2D eigenvalue weighted by molar-refractivity contribution is 0.395. The molecule has 0 amide bonds. The maximum Gasteiger partial charge on any atom is 0.132 e. The average Bonchev–Trinajstić information content (AvgIpc) is 2.83. The molecule has 0 saturated carbocycles. The number of ether oxygens (including phenoxy) is 2. The molecular formula is C16H21N3O2. The minimum atomic E-state index is 0.639. The van der Waals surface area contributed by atoms with E-state index in [0.717, 1.165) is 53.8 Å². The number of nitrogens with zero attached hydrogens (tertiary/aromatic N) is 2. The first-order chi connectivity index (χ1) is 10.1. The summed E-state index contributed by atoms with van der Waals surface area (Å²) in [6, 6.07) is 5.71. The van der Waals surface area contributed by atoms with Gasteiger partial charge in [-0.15, -0.1) is 0 Å². The molecule has 0 fully saturated rings. The van der Waals surface area contributed by atoms with Gasteiger partial charge in [0.05, 0.1) is 14.2 Å². The Labute approximate surface area is 124 Å². The van der Waals surface area contributed by atoms with Crippen LogP contribution in [0, 0.1) is 5.92 Å². The highest BCUT2D eigenvalue weighted by molar-refractivity contribution is 5.77. The lowest BCUT2D eigenvalue weighted by atomic mass is 10.0. The summed E-state index contributed by atoms with van der Waals surface area (Å²) in [6.45, 7) is 3.18. The van der Waals surface area contributed by atoms with E-state index < -0.39 is 0 Å². The van der Waals surface area contributed by atoms with Crippen LogP contribution in [-0.2, 0) is 13.0 Å². The molecule has 2 aromatic rings. The Morgan fingerprint density at radius 2 is 2.10 bits per heavy atom. The fourth-order valence-electron chi connectivity index (χ4n) is 2.88. The topological polar surface area (TPSA) is 62.3 Å². The van der Waals surface area contributed by atoms with E-state index in [0.29, 0.717) is 5.92 Å². The monoisotopic (exact) mass is 287 g/mol. The Hall–Kier alpha value is -2.17. The van der Waals surface area contributed by atoms with Crippen molar-refractivity contribution in [3.8, 4) is 22.8 Å². The molecule has 3 rings (SSSR count). The van der Waals surface area contributed by atoms with Crippen LogP contribution in [0.15, 0.2) is 18.2 Å². The second-order valence-electron chi connectivity index (χ2n) is 5.58. The van der Waals surface area contributed by atoms with Crippen LogP contribution < -0.4 is 15.2 Å². The van der Waals surface area contributed by atoms with Crippen LogP contribution in [0.3, 0.4) is 0 Å². The number of nitrogens with two attached hydrogens (primary N) is 1. The van der Waals surface area contributed by atoms with Crippen molar-refractivity contribution >= 4 is 5.82 Å². The van der Waals surface area contributed by atoms with Gasteiger partial charge in [0.15, 0.2) is 0 Å². The van der Waals surface area contributed by atoms with Crippen LogP contribution in [-0.4, -0.2) is 23.8 Å². The number of aryl methyl sites for hydroxylation is 1. The standard InChI is InChI=1S/C16H21N3O2/c1-10-4-7-14-18-15(16(17)19(14)9-10)12-6-5-11(20-2)8-13(12)21-3/h5-6,8,10H,4,7,9,17H2,1-3H3. The molecule has 0 saturated heterocycles. The molecule has 1 aromatic carbocycles. The van der Waals surface area contributed by atoms with Crippen molar-refractivity contribution in [2.75, 3.05) is 20.0 Å². The highest BCUT2D eigenvalue weighted by atomic mass is 16.5. The van der Waals surface area contributed by atoms with Crippen LogP contribution >= 0.6 is 0 Å². The molecule has 2 heterocycles. The smallest absolute Gasteiger partial charge is 0.132 e. The van der Waals surface area contributed by atoms with E-state index in [2.05, 4.69) is 11.5 Å².